The summed E-state index contributed by atoms with van der Waals surface area (Å²) in [5.74, 6) is 1.23. The summed E-state index contributed by atoms with van der Waals surface area (Å²) in [6.45, 7) is 0. The molecule has 0 saturated heterocycles. The van der Waals surface area contributed by atoms with Crippen molar-refractivity contribution in [2.75, 3.05) is 12.8 Å². The molecule has 0 fully saturated rings. The molecule has 0 saturated carbocycles. The zero-order chi connectivity index (χ0) is 10.3. The van der Waals surface area contributed by atoms with E-state index in [1.807, 2.05) is 19.2 Å². The molecule has 2 rings (SSSR count). The van der Waals surface area contributed by atoms with Crippen LogP contribution in [0, 0.1) is 0 Å². The van der Waals surface area contributed by atoms with Crippen molar-refractivity contribution >= 4 is 32.7 Å². The number of rotatable bonds is 1. The van der Waals surface area contributed by atoms with E-state index >= 15 is 0 Å². The number of aromatic nitrogens is 2. The maximum absolute atomic E-state index is 5.79. The van der Waals surface area contributed by atoms with Gasteiger partial charge in [0, 0.05) is 11.5 Å². The van der Waals surface area contributed by atoms with E-state index in [1.54, 1.807) is 11.8 Å². The van der Waals surface area contributed by atoms with Gasteiger partial charge in [0.25, 0.3) is 0 Å². The molecule has 0 unspecified atom stereocenters. The van der Waals surface area contributed by atoms with E-state index in [-0.39, 0.29) is 0 Å². The average molecular weight is 256 g/mol. The molecule has 0 bridgehead atoms. The van der Waals surface area contributed by atoms with Gasteiger partial charge >= 0.3 is 0 Å². The number of ether oxygens (including phenoxy) is 1. The lowest BCUT2D eigenvalue weighted by molar-refractivity contribution is 0.420. The Hall–Kier alpha value is -1.23. The predicted molar refractivity (Wildman–Crippen MR) is 59.4 cm³/mol. The zero-order valence-electron chi connectivity index (χ0n) is 7.91. The fourth-order valence-corrected chi connectivity index (χ4v) is 2.13. The standard InChI is InChI=1S/C9H10BrN3O/c1-13-8-5(10)3-4-6(14-2)7(8)9(11)12-13/h3-4H,1-2H3,(H2,11,12). The molecule has 5 heteroatoms. The summed E-state index contributed by atoms with van der Waals surface area (Å²) < 4.78 is 7.91. The third kappa shape index (κ3) is 1.16. The van der Waals surface area contributed by atoms with Crippen molar-refractivity contribution in [3.63, 3.8) is 0 Å². The maximum atomic E-state index is 5.79. The van der Waals surface area contributed by atoms with E-state index in [4.69, 9.17) is 10.5 Å². The first-order valence-corrected chi connectivity index (χ1v) is 4.89. The molecule has 0 radical (unpaired) electrons. The molecule has 0 aliphatic rings. The molecule has 14 heavy (non-hydrogen) atoms. The predicted octanol–water partition coefficient (Wildman–Crippen LogP) is 1.93. The number of nitrogens with two attached hydrogens (primary N) is 1. The van der Waals surface area contributed by atoms with Crippen molar-refractivity contribution in [2.45, 2.75) is 0 Å². The van der Waals surface area contributed by atoms with Crippen molar-refractivity contribution in [3.05, 3.63) is 16.6 Å². The molecule has 0 spiro atoms. The van der Waals surface area contributed by atoms with Crippen LogP contribution < -0.4 is 10.5 Å². The van der Waals surface area contributed by atoms with E-state index in [9.17, 15) is 0 Å². The molecule has 0 atom stereocenters. The molecular weight excluding hydrogens is 246 g/mol. The van der Waals surface area contributed by atoms with E-state index < -0.39 is 0 Å². The van der Waals surface area contributed by atoms with Gasteiger partial charge in [-0.3, -0.25) is 4.68 Å². The summed E-state index contributed by atoms with van der Waals surface area (Å²) in [5, 5.41) is 5.00. The average Bonchev–Trinajstić information content (AvgIpc) is 2.44. The number of fused-ring (bicyclic) bond motifs is 1. The van der Waals surface area contributed by atoms with Crippen molar-refractivity contribution in [1.82, 2.24) is 9.78 Å². The molecule has 1 heterocycles. The van der Waals surface area contributed by atoms with Gasteiger partial charge in [0.05, 0.1) is 18.0 Å². The maximum Gasteiger partial charge on any atom is 0.157 e. The molecule has 1 aromatic carbocycles. The molecular formula is C9H10BrN3O. The molecule has 0 aliphatic carbocycles. The number of hydrogen-bond donors (Lipinski definition) is 1. The smallest absolute Gasteiger partial charge is 0.157 e. The van der Waals surface area contributed by atoms with Gasteiger partial charge in [0.15, 0.2) is 5.82 Å². The van der Waals surface area contributed by atoms with Crippen LogP contribution in [-0.2, 0) is 7.05 Å². The number of aryl methyl sites for hydroxylation is 1. The summed E-state index contributed by atoms with van der Waals surface area (Å²) in [6, 6.07) is 3.78. The normalized spacial score (nSPS) is 10.8. The van der Waals surface area contributed by atoms with Crippen LogP contribution in [0.1, 0.15) is 0 Å². The van der Waals surface area contributed by atoms with Gasteiger partial charge in [-0.05, 0) is 28.1 Å². The summed E-state index contributed by atoms with van der Waals surface area (Å²) in [4.78, 5) is 0. The number of hydrogen-bond acceptors (Lipinski definition) is 3. The minimum atomic E-state index is 0.487. The van der Waals surface area contributed by atoms with Gasteiger partial charge in [-0.15, -0.1) is 0 Å². The van der Waals surface area contributed by atoms with Crippen LogP contribution in [-0.4, -0.2) is 16.9 Å². The second kappa shape index (κ2) is 3.16. The van der Waals surface area contributed by atoms with Gasteiger partial charge in [-0.25, -0.2) is 0 Å². The first-order valence-electron chi connectivity index (χ1n) is 4.10. The highest BCUT2D eigenvalue weighted by Crippen LogP contribution is 2.34. The van der Waals surface area contributed by atoms with Gasteiger partial charge < -0.3 is 10.5 Å². The van der Waals surface area contributed by atoms with E-state index in [0.29, 0.717) is 5.82 Å². The van der Waals surface area contributed by atoms with Crippen molar-refractivity contribution < 1.29 is 4.74 Å². The van der Waals surface area contributed by atoms with Crippen LogP contribution in [0.5, 0.6) is 5.75 Å². The Balaban J connectivity index is 2.94. The Morgan fingerprint density at radius 2 is 2.21 bits per heavy atom. The highest BCUT2D eigenvalue weighted by molar-refractivity contribution is 9.10. The van der Waals surface area contributed by atoms with E-state index in [2.05, 4.69) is 21.0 Å². The third-order valence-electron chi connectivity index (χ3n) is 2.15. The molecule has 1 aromatic heterocycles. The Kier molecular flexibility index (Phi) is 2.11. The largest absolute Gasteiger partial charge is 0.496 e. The number of nitrogens with zero attached hydrogens (tertiary/aromatic N) is 2. The monoisotopic (exact) mass is 255 g/mol. The topological polar surface area (TPSA) is 53.1 Å². The van der Waals surface area contributed by atoms with E-state index in [0.717, 1.165) is 21.1 Å². The number of benzene rings is 1. The van der Waals surface area contributed by atoms with Gasteiger partial charge in [-0.2, -0.15) is 5.10 Å². The Morgan fingerprint density at radius 3 is 2.86 bits per heavy atom. The Morgan fingerprint density at radius 1 is 1.50 bits per heavy atom. The van der Waals surface area contributed by atoms with Crippen molar-refractivity contribution in [2.24, 2.45) is 7.05 Å². The fourth-order valence-electron chi connectivity index (χ4n) is 1.54. The van der Waals surface area contributed by atoms with Crippen molar-refractivity contribution in [1.29, 1.82) is 0 Å². The van der Waals surface area contributed by atoms with Crippen LogP contribution in [0.25, 0.3) is 10.9 Å². The van der Waals surface area contributed by atoms with Crippen LogP contribution >= 0.6 is 15.9 Å². The highest BCUT2D eigenvalue weighted by atomic mass is 79.9. The Bertz CT molecular complexity index is 492. The molecule has 74 valence electrons. The van der Waals surface area contributed by atoms with E-state index in [1.165, 1.54) is 0 Å². The second-order valence-electron chi connectivity index (χ2n) is 2.98. The van der Waals surface area contributed by atoms with Crippen LogP contribution in [0.3, 0.4) is 0 Å². The number of anilines is 1. The molecule has 4 nitrogen and oxygen atoms in total. The minimum Gasteiger partial charge on any atom is -0.496 e. The summed E-state index contributed by atoms with van der Waals surface area (Å²) >= 11 is 3.45. The third-order valence-corrected chi connectivity index (χ3v) is 2.79. The van der Waals surface area contributed by atoms with Crippen LogP contribution in [0.15, 0.2) is 16.6 Å². The highest BCUT2D eigenvalue weighted by Gasteiger charge is 2.13. The molecule has 2 aromatic rings. The number of nitrogen functional groups attached to an aromatic ring is 1. The fraction of sp³-hybridized carbons (Fsp3) is 0.222. The van der Waals surface area contributed by atoms with Crippen LogP contribution in [0.2, 0.25) is 0 Å². The van der Waals surface area contributed by atoms with Gasteiger partial charge in [-0.1, -0.05) is 0 Å². The number of halogens is 1. The quantitative estimate of drug-likeness (QED) is 0.848. The number of methoxy groups -OCH3 is 1. The lowest BCUT2D eigenvalue weighted by Gasteiger charge is -2.03. The first kappa shape index (κ1) is 9.33. The molecule has 0 aliphatic heterocycles. The Labute approximate surface area is 89.8 Å². The minimum absolute atomic E-state index is 0.487. The van der Waals surface area contributed by atoms with Gasteiger partial charge in [0.2, 0.25) is 0 Å². The summed E-state index contributed by atoms with van der Waals surface area (Å²) in [7, 11) is 3.47. The zero-order valence-corrected chi connectivity index (χ0v) is 9.50. The lowest BCUT2D eigenvalue weighted by Crippen LogP contribution is -1.91. The molecule has 2 N–H and O–H groups in total. The lowest BCUT2D eigenvalue weighted by atomic mass is 10.2. The summed E-state index contributed by atoms with van der Waals surface area (Å²) in [5.41, 5.74) is 6.74. The summed E-state index contributed by atoms with van der Waals surface area (Å²) in [6.07, 6.45) is 0. The molecule has 0 amide bonds. The van der Waals surface area contributed by atoms with Crippen molar-refractivity contribution in [3.8, 4) is 5.75 Å². The van der Waals surface area contributed by atoms with Crippen LogP contribution in [0.4, 0.5) is 5.82 Å². The van der Waals surface area contributed by atoms with Gasteiger partial charge in [0.1, 0.15) is 5.75 Å². The first-order chi connectivity index (χ1) is 6.65. The SMILES string of the molecule is COc1ccc(Br)c2c1c(N)nn2C. The second-order valence-corrected chi connectivity index (χ2v) is 3.84.